The first-order chi connectivity index (χ1) is 24.6. The van der Waals surface area contributed by atoms with Gasteiger partial charge in [-0.1, -0.05) is 61.3 Å². The fourth-order valence-electron chi connectivity index (χ4n) is 7.37. The van der Waals surface area contributed by atoms with Gasteiger partial charge in [-0.3, -0.25) is 24.0 Å². The van der Waals surface area contributed by atoms with Crippen LogP contribution in [0.4, 0.5) is 0 Å². The number of nitrogens with one attached hydrogen (secondary N) is 4. The van der Waals surface area contributed by atoms with Crippen molar-refractivity contribution in [2.45, 2.75) is 32.7 Å². The Labute approximate surface area is 302 Å². The lowest BCUT2D eigenvalue weighted by Gasteiger charge is -2.39. The molecule has 0 spiro atoms. The monoisotopic (exact) mass is 710 g/mol. The van der Waals surface area contributed by atoms with Crippen molar-refractivity contribution in [2.24, 2.45) is 17.8 Å². The summed E-state index contributed by atoms with van der Waals surface area (Å²) < 4.78 is 0. The number of hydrogen-bond donors (Lipinski definition) is 4. The Hall–Kier alpha value is -5.16. The van der Waals surface area contributed by atoms with Crippen molar-refractivity contribution >= 4 is 52.0 Å². The number of rotatable bonds is 8. The highest BCUT2D eigenvalue weighted by Gasteiger charge is 2.48. The molecule has 4 aromatic rings. The van der Waals surface area contributed by atoms with Gasteiger partial charge in [0.25, 0.3) is 11.8 Å². The van der Waals surface area contributed by atoms with Gasteiger partial charge >= 0.3 is 0 Å². The Balaban J connectivity index is 0.000000435. The average Bonchev–Trinajstić information content (AvgIpc) is 3.86. The zero-order valence-electron chi connectivity index (χ0n) is 28.8. The molecule has 12 heteroatoms. The first-order valence-electron chi connectivity index (χ1n) is 17.4. The Morgan fingerprint density at radius 1 is 0.941 bits per heavy atom. The Morgan fingerprint density at radius 2 is 1.73 bits per heavy atom. The molecule has 0 radical (unpaired) electrons. The minimum atomic E-state index is -0.584. The number of likely N-dealkylation sites (N-methyl/N-ethyl adjacent to an activating group) is 1. The molecule has 3 aliphatic rings. The Kier molecular flexibility index (Phi) is 11.1. The number of amides is 5. The van der Waals surface area contributed by atoms with Gasteiger partial charge < -0.3 is 30.7 Å². The molecule has 4 N–H and O–H groups in total. The lowest BCUT2D eigenvalue weighted by molar-refractivity contribution is -0.139. The van der Waals surface area contributed by atoms with Crippen LogP contribution in [-0.2, 0) is 33.8 Å². The maximum absolute atomic E-state index is 13.6. The maximum atomic E-state index is 13.6. The molecule has 7 rings (SSSR count). The minimum Gasteiger partial charge on any atom is -0.361 e. The number of halogens is 1. The van der Waals surface area contributed by atoms with Crippen molar-refractivity contribution in [3.63, 3.8) is 0 Å². The summed E-state index contributed by atoms with van der Waals surface area (Å²) in [6.45, 7) is 3.79. The summed E-state index contributed by atoms with van der Waals surface area (Å²) in [6.07, 6.45) is 4.40. The van der Waals surface area contributed by atoms with E-state index in [2.05, 4.69) is 58.2 Å². The number of aryl methyl sites for hydroxylation is 1. The standard InChI is InChI=1S/C30H31ClN6O5.C9H12/c1-32-26(38)11-35-29(41)24-15-36(27(39)7-18-9-33-25-8-20(31)3-5-21(18)25)12-19-13-37(14-23(19)24)30(42)16-2-4-22-17(6-16)10-34-28(22)40;1-2-6-9-7-4-3-5-8-9/h2-6,8-9,19,23-24,33H,7,10-15H2,1H3,(H,32,38)(H,34,40)(H,35,41);3-5,7-8H,2,6H2,1H3. The molecule has 5 amide bonds. The van der Waals surface area contributed by atoms with Gasteiger partial charge in [0.2, 0.25) is 17.7 Å². The van der Waals surface area contributed by atoms with Crippen LogP contribution in [0.2, 0.25) is 5.02 Å². The van der Waals surface area contributed by atoms with Crippen molar-refractivity contribution in [3.8, 4) is 0 Å². The fourth-order valence-corrected chi connectivity index (χ4v) is 7.54. The number of hydrogen-bond acceptors (Lipinski definition) is 5. The molecule has 2 fully saturated rings. The Morgan fingerprint density at radius 3 is 2.49 bits per heavy atom. The molecule has 0 saturated carbocycles. The number of aromatic nitrogens is 1. The molecule has 3 aliphatic heterocycles. The van der Waals surface area contributed by atoms with E-state index in [1.54, 1.807) is 40.3 Å². The molecule has 3 unspecified atom stereocenters. The second-order valence-electron chi connectivity index (χ2n) is 13.4. The molecule has 266 valence electrons. The minimum absolute atomic E-state index is 0.109. The van der Waals surface area contributed by atoms with Crippen molar-refractivity contribution in [1.29, 1.82) is 0 Å². The van der Waals surface area contributed by atoms with Gasteiger partial charge in [-0.2, -0.15) is 0 Å². The lowest BCUT2D eigenvalue weighted by Crippen LogP contribution is -2.54. The highest BCUT2D eigenvalue weighted by molar-refractivity contribution is 6.31. The number of nitrogens with zero attached hydrogens (tertiary/aromatic N) is 2. The predicted molar refractivity (Wildman–Crippen MR) is 195 cm³/mol. The number of aromatic amines is 1. The molecule has 3 aromatic carbocycles. The number of H-pyrrole nitrogens is 1. The van der Waals surface area contributed by atoms with Crippen LogP contribution in [-0.4, -0.2) is 84.1 Å². The molecular formula is C39H43ClN6O5. The van der Waals surface area contributed by atoms with E-state index in [1.165, 1.54) is 25.5 Å². The molecule has 2 saturated heterocycles. The predicted octanol–water partition coefficient (Wildman–Crippen LogP) is 3.96. The van der Waals surface area contributed by atoms with E-state index in [9.17, 15) is 24.0 Å². The first-order valence-corrected chi connectivity index (χ1v) is 17.8. The summed E-state index contributed by atoms with van der Waals surface area (Å²) in [5.74, 6) is -1.94. The van der Waals surface area contributed by atoms with E-state index in [1.807, 2.05) is 12.1 Å². The molecule has 4 heterocycles. The van der Waals surface area contributed by atoms with E-state index in [0.29, 0.717) is 42.3 Å². The third-order valence-electron chi connectivity index (χ3n) is 10.0. The quantitative estimate of drug-likeness (QED) is 0.219. The molecule has 11 nitrogen and oxygen atoms in total. The Bertz CT molecular complexity index is 1940. The van der Waals surface area contributed by atoms with Crippen LogP contribution in [0.3, 0.4) is 0 Å². The molecule has 0 aliphatic carbocycles. The fraction of sp³-hybridized carbons (Fsp3) is 0.359. The van der Waals surface area contributed by atoms with E-state index in [0.717, 1.165) is 22.0 Å². The second kappa shape index (κ2) is 15.8. The summed E-state index contributed by atoms with van der Waals surface area (Å²) in [5.41, 5.74) is 4.96. The number of carbonyl (C=O) groups is 5. The van der Waals surface area contributed by atoms with Crippen molar-refractivity contribution in [2.75, 3.05) is 39.8 Å². The van der Waals surface area contributed by atoms with E-state index in [-0.39, 0.29) is 60.9 Å². The van der Waals surface area contributed by atoms with Gasteiger partial charge in [-0.25, -0.2) is 0 Å². The van der Waals surface area contributed by atoms with Crippen LogP contribution in [0.25, 0.3) is 10.9 Å². The first kappa shape index (κ1) is 35.7. The average molecular weight is 711 g/mol. The number of fused-ring (bicyclic) bond motifs is 3. The summed E-state index contributed by atoms with van der Waals surface area (Å²) in [5, 5.41) is 9.47. The molecular weight excluding hydrogens is 668 g/mol. The van der Waals surface area contributed by atoms with Gasteiger partial charge in [0, 0.05) is 73.0 Å². The van der Waals surface area contributed by atoms with Crippen molar-refractivity contribution < 1.29 is 24.0 Å². The van der Waals surface area contributed by atoms with Gasteiger partial charge in [-0.05, 0) is 65.3 Å². The topological polar surface area (TPSA) is 144 Å². The van der Waals surface area contributed by atoms with E-state index >= 15 is 0 Å². The normalized spacial score (nSPS) is 19.0. The number of carbonyl (C=O) groups excluding carboxylic acids is 5. The SMILES string of the molecule is CCCc1ccccc1.CNC(=O)CNC(=O)C1CN(C(=O)Cc2c[nH]c3cc(Cl)ccc23)CC2CN(C(=O)c3ccc4c(c3)CNC4=O)CC21. The van der Waals surface area contributed by atoms with Gasteiger partial charge in [-0.15, -0.1) is 0 Å². The van der Waals surface area contributed by atoms with E-state index in [4.69, 9.17) is 11.6 Å². The zero-order valence-corrected chi connectivity index (χ0v) is 29.6. The van der Waals surface area contributed by atoms with Gasteiger partial charge in [0.05, 0.1) is 18.9 Å². The number of piperidine rings is 1. The number of likely N-dealkylation sites (tertiary alicyclic amines) is 2. The molecule has 3 atom stereocenters. The van der Waals surface area contributed by atoms with Crippen LogP contribution in [0.15, 0.2) is 72.9 Å². The van der Waals surface area contributed by atoms with Gasteiger partial charge in [0.15, 0.2) is 0 Å². The van der Waals surface area contributed by atoms with Gasteiger partial charge in [0.1, 0.15) is 0 Å². The highest BCUT2D eigenvalue weighted by atomic mass is 35.5. The second-order valence-corrected chi connectivity index (χ2v) is 13.8. The summed E-state index contributed by atoms with van der Waals surface area (Å²) in [6, 6.07) is 21.1. The molecule has 1 aromatic heterocycles. The highest BCUT2D eigenvalue weighted by Crippen LogP contribution is 2.37. The van der Waals surface area contributed by atoms with Crippen LogP contribution in [0, 0.1) is 17.8 Å². The zero-order chi connectivity index (χ0) is 36.1. The summed E-state index contributed by atoms with van der Waals surface area (Å²) in [7, 11) is 1.50. The maximum Gasteiger partial charge on any atom is 0.253 e. The van der Waals surface area contributed by atoms with Crippen LogP contribution in [0.1, 0.15) is 50.8 Å². The summed E-state index contributed by atoms with van der Waals surface area (Å²) in [4.78, 5) is 70.9. The van der Waals surface area contributed by atoms with Crippen molar-refractivity contribution in [1.82, 2.24) is 30.7 Å². The van der Waals surface area contributed by atoms with Crippen LogP contribution < -0.4 is 16.0 Å². The number of benzene rings is 3. The smallest absolute Gasteiger partial charge is 0.253 e. The lowest BCUT2D eigenvalue weighted by atomic mass is 9.79. The molecule has 51 heavy (non-hydrogen) atoms. The largest absolute Gasteiger partial charge is 0.361 e. The summed E-state index contributed by atoms with van der Waals surface area (Å²) >= 11 is 6.11. The van der Waals surface area contributed by atoms with Crippen LogP contribution >= 0.6 is 11.6 Å². The van der Waals surface area contributed by atoms with E-state index < -0.39 is 5.92 Å². The molecule has 0 bridgehead atoms. The van der Waals surface area contributed by atoms with Crippen molar-refractivity contribution in [3.05, 3.63) is 106 Å². The third kappa shape index (κ3) is 8.09. The van der Waals surface area contributed by atoms with Crippen LogP contribution in [0.5, 0.6) is 0 Å². The third-order valence-corrected chi connectivity index (χ3v) is 10.3.